The number of benzene rings is 2. The Hall–Kier alpha value is -2.90. The lowest BCUT2D eigenvalue weighted by atomic mass is 9.84. The van der Waals surface area contributed by atoms with E-state index in [2.05, 4.69) is 5.32 Å². The van der Waals surface area contributed by atoms with Gasteiger partial charge in [0.15, 0.2) is 0 Å². The van der Waals surface area contributed by atoms with Gasteiger partial charge in [-0.15, -0.1) is 0 Å². The Bertz CT molecular complexity index is 988. The van der Waals surface area contributed by atoms with Crippen molar-refractivity contribution < 1.29 is 19.5 Å². The van der Waals surface area contributed by atoms with E-state index in [1.165, 1.54) is 4.90 Å². The number of nitrogens with one attached hydrogen (secondary N) is 1. The highest BCUT2D eigenvalue weighted by Crippen LogP contribution is 2.33. The van der Waals surface area contributed by atoms with Crippen LogP contribution in [0.25, 0.3) is 0 Å². The monoisotopic (exact) mass is 455 g/mol. The van der Waals surface area contributed by atoms with E-state index >= 15 is 0 Å². The fraction of sp³-hybridized carbons (Fsp3) is 0.375. The van der Waals surface area contributed by atoms with Crippen molar-refractivity contribution in [1.82, 2.24) is 15.1 Å². The van der Waals surface area contributed by atoms with Crippen LogP contribution in [0.15, 0.2) is 54.6 Å². The molecule has 0 unspecified atom stereocenters. The van der Waals surface area contributed by atoms with E-state index in [1.54, 1.807) is 29.2 Å². The molecule has 2 N–H and O–H groups in total. The molecule has 2 saturated heterocycles. The van der Waals surface area contributed by atoms with Crippen LogP contribution in [0.2, 0.25) is 5.02 Å². The highest BCUT2D eigenvalue weighted by Gasteiger charge is 2.41. The molecule has 0 spiro atoms. The van der Waals surface area contributed by atoms with Crippen LogP contribution in [-0.2, 0) is 21.6 Å². The van der Waals surface area contributed by atoms with Crippen molar-refractivity contribution in [2.45, 2.75) is 37.3 Å². The standard InChI is InChI=1S/C24H26ClN3O4/c25-19-8-6-18(7-9-19)24(32)11-14-27(15-12-24)21(29)16-20-22(30)28(23(31)26-20)13-10-17-4-2-1-3-5-17/h1-9,20,32H,10-16H2,(H,26,31)/t20-/m0/s1. The molecule has 2 aliphatic heterocycles. The van der Waals surface area contributed by atoms with Gasteiger partial charge in [-0.05, 0) is 42.5 Å². The number of aliphatic hydroxyl groups is 1. The summed E-state index contributed by atoms with van der Waals surface area (Å²) in [5.74, 6) is -0.569. The maximum atomic E-state index is 12.8. The van der Waals surface area contributed by atoms with Crippen molar-refractivity contribution in [3.8, 4) is 0 Å². The molecule has 2 aromatic rings. The fourth-order valence-electron chi connectivity index (χ4n) is 4.29. The summed E-state index contributed by atoms with van der Waals surface area (Å²) in [5.41, 5.74) is 0.808. The summed E-state index contributed by atoms with van der Waals surface area (Å²) >= 11 is 5.93. The van der Waals surface area contributed by atoms with Crippen molar-refractivity contribution in [3.63, 3.8) is 0 Å². The molecule has 2 aliphatic rings. The first kappa shape index (κ1) is 22.3. The minimum absolute atomic E-state index is 0.0776. The molecule has 1 atom stereocenters. The van der Waals surface area contributed by atoms with Gasteiger partial charge in [0.1, 0.15) is 6.04 Å². The Morgan fingerprint density at radius 3 is 2.38 bits per heavy atom. The summed E-state index contributed by atoms with van der Waals surface area (Å²) in [6, 6.07) is 15.4. The number of imide groups is 1. The molecule has 2 heterocycles. The summed E-state index contributed by atoms with van der Waals surface area (Å²) in [6.45, 7) is 1.03. The molecule has 7 nitrogen and oxygen atoms in total. The molecule has 0 radical (unpaired) electrons. The smallest absolute Gasteiger partial charge is 0.324 e. The Labute approximate surface area is 192 Å². The van der Waals surface area contributed by atoms with Crippen LogP contribution < -0.4 is 5.32 Å². The Morgan fingerprint density at radius 2 is 1.72 bits per heavy atom. The number of likely N-dealkylation sites (tertiary alicyclic amines) is 1. The van der Waals surface area contributed by atoms with Gasteiger partial charge in [0.2, 0.25) is 5.91 Å². The van der Waals surface area contributed by atoms with Gasteiger partial charge in [-0.2, -0.15) is 0 Å². The number of hydrogen-bond acceptors (Lipinski definition) is 4. The lowest BCUT2D eigenvalue weighted by molar-refractivity contribution is -0.139. The zero-order valence-corrected chi connectivity index (χ0v) is 18.4. The maximum Gasteiger partial charge on any atom is 0.324 e. The summed E-state index contributed by atoms with van der Waals surface area (Å²) in [4.78, 5) is 40.6. The van der Waals surface area contributed by atoms with Gasteiger partial charge in [-0.1, -0.05) is 54.1 Å². The van der Waals surface area contributed by atoms with Gasteiger partial charge in [0.05, 0.1) is 12.0 Å². The minimum Gasteiger partial charge on any atom is -0.385 e. The van der Waals surface area contributed by atoms with E-state index in [-0.39, 0.29) is 24.8 Å². The van der Waals surface area contributed by atoms with Gasteiger partial charge in [0, 0.05) is 24.7 Å². The third-order valence-electron chi connectivity index (χ3n) is 6.28. The van der Waals surface area contributed by atoms with Crippen LogP contribution in [0.3, 0.4) is 0 Å². The SMILES string of the molecule is O=C(C[C@@H]1NC(=O)N(CCc2ccccc2)C1=O)N1CCC(O)(c2ccc(Cl)cc2)CC1. The third-order valence-corrected chi connectivity index (χ3v) is 6.53. The minimum atomic E-state index is -1.01. The average molecular weight is 456 g/mol. The highest BCUT2D eigenvalue weighted by molar-refractivity contribution is 6.30. The van der Waals surface area contributed by atoms with Crippen LogP contribution >= 0.6 is 11.6 Å². The Kier molecular flexibility index (Phi) is 6.48. The van der Waals surface area contributed by atoms with Crippen molar-refractivity contribution >= 4 is 29.4 Å². The molecule has 168 valence electrons. The number of carbonyl (C=O) groups is 3. The number of carbonyl (C=O) groups excluding carboxylic acids is 3. The first-order chi connectivity index (χ1) is 15.4. The first-order valence-electron chi connectivity index (χ1n) is 10.8. The van der Waals surface area contributed by atoms with Crippen molar-refractivity contribution in [2.24, 2.45) is 0 Å². The van der Waals surface area contributed by atoms with E-state index < -0.39 is 17.7 Å². The molecule has 2 fully saturated rings. The van der Waals surface area contributed by atoms with E-state index in [0.29, 0.717) is 37.4 Å². The predicted molar refractivity (Wildman–Crippen MR) is 120 cm³/mol. The molecule has 0 saturated carbocycles. The molecule has 0 aliphatic carbocycles. The van der Waals surface area contributed by atoms with Crippen LogP contribution in [0, 0.1) is 0 Å². The fourth-order valence-corrected chi connectivity index (χ4v) is 4.42. The summed E-state index contributed by atoms with van der Waals surface area (Å²) in [7, 11) is 0. The largest absolute Gasteiger partial charge is 0.385 e. The lowest BCUT2D eigenvalue weighted by Gasteiger charge is -2.38. The van der Waals surface area contributed by atoms with E-state index in [4.69, 9.17) is 11.6 Å². The number of rotatable bonds is 6. The van der Waals surface area contributed by atoms with Crippen molar-refractivity contribution in [1.29, 1.82) is 0 Å². The van der Waals surface area contributed by atoms with Crippen LogP contribution in [-0.4, -0.2) is 58.4 Å². The van der Waals surface area contributed by atoms with Gasteiger partial charge >= 0.3 is 6.03 Å². The number of nitrogens with zero attached hydrogens (tertiary/aromatic N) is 2. The topological polar surface area (TPSA) is 90.0 Å². The van der Waals surface area contributed by atoms with Gasteiger partial charge in [-0.3, -0.25) is 14.5 Å². The van der Waals surface area contributed by atoms with E-state index in [9.17, 15) is 19.5 Å². The Balaban J connectivity index is 1.30. The second-order valence-electron chi connectivity index (χ2n) is 8.35. The van der Waals surface area contributed by atoms with Crippen molar-refractivity contribution in [2.75, 3.05) is 19.6 Å². The number of piperidine rings is 1. The molecule has 8 heteroatoms. The van der Waals surface area contributed by atoms with Gasteiger partial charge in [0.25, 0.3) is 5.91 Å². The van der Waals surface area contributed by atoms with Gasteiger partial charge in [-0.25, -0.2) is 4.79 Å². The normalized spacial score (nSPS) is 20.4. The number of hydrogen-bond donors (Lipinski definition) is 2. The lowest BCUT2D eigenvalue weighted by Crippen LogP contribution is -2.47. The maximum absolute atomic E-state index is 12.8. The Morgan fingerprint density at radius 1 is 1.06 bits per heavy atom. The molecular formula is C24H26ClN3O4. The molecule has 4 amide bonds. The molecular weight excluding hydrogens is 430 g/mol. The quantitative estimate of drug-likeness (QED) is 0.655. The molecule has 0 aromatic heterocycles. The molecule has 32 heavy (non-hydrogen) atoms. The molecule has 0 bridgehead atoms. The number of amides is 4. The summed E-state index contributed by atoms with van der Waals surface area (Å²) in [5, 5.41) is 14.2. The molecule has 2 aromatic carbocycles. The third kappa shape index (κ3) is 4.79. The summed E-state index contributed by atoms with van der Waals surface area (Å²) < 4.78 is 0. The number of urea groups is 1. The zero-order chi connectivity index (χ0) is 22.7. The predicted octanol–water partition coefficient (Wildman–Crippen LogP) is 2.70. The number of halogens is 1. The molecule has 4 rings (SSSR count). The van der Waals surface area contributed by atoms with Gasteiger partial charge < -0.3 is 15.3 Å². The van der Waals surface area contributed by atoms with Crippen LogP contribution in [0.5, 0.6) is 0 Å². The zero-order valence-electron chi connectivity index (χ0n) is 17.7. The second-order valence-corrected chi connectivity index (χ2v) is 8.79. The summed E-state index contributed by atoms with van der Waals surface area (Å²) in [6.07, 6.45) is 1.28. The first-order valence-corrected chi connectivity index (χ1v) is 11.2. The van der Waals surface area contributed by atoms with Crippen LogP contribution in [0.1, 0.15) is 30.4 Å². The van der Waals surface area contributed by atoms with Crippen LogP contribution in [0.4, 0.5) is 4.79 Å². The van der Waals surface area contributed by atoms with Crippen molar-refractivity contribution in [3.05, 3.63) is 70.7 Å². The highest BCUT2D eigenvalue weighted by atomic mass is 35.5. The van der Waals surface area contributed by atoms with E-state index in [0.717, 1.165) is 11.1 Å². The second kappa shape index (κ2) is 9.30. The average Bonchev–Trinajstić information content (AvgIpc) is 3.06. The van der Waals surface area contributed by atoms with E-state index in [1.807, 2.05) is 30.3 Å².